The van der Waals surface area contributed by atoms with Crippen LogP contribution in [0.3, 0.4) is 0 Å². The number of anilines is 2. The van der Waals surface area contributed by atoms with Gasteiger partial charge in [-0.1, -0.05) is 0 Å². The van der Waals surface area contributed by atoms with Crippen molar-refractivity contribution in [3.63, 3.8) is 0 Å². The lowest BCUT2D eigenvalue weighted by atomic mass is 9.96. The fourth-order valence-corrected chi connectivity index (χ4v) is 4.13. The van der Waals surface area contributed by atoms with Crippen LogP contribution in [0.25, 0.3) is 0 Å². The van der Waals surface area contributed by atoms with Crippen LogP contribution >= 0.6 is 11.3 Å². The van der Waals surface area contributed by atoms with E-state index in [0.717, 1.165) is 50.4 Å². The minimum absolute atomic E-state index is 0.220. The van der Waals surface area contributed by atoms with Crippen molar-refractivity contribution in [1.82, 2.24) is 15.0 Å². The highest BCUT2D eigenvalue weighted by atomic mass is 32.1. The van der Waals surface area contributed by atoms with Gasteiger partial charge < -0.3 is 9.80 Å². The van der Waals surface area contributed by atoms with Crippen molar-refractivity contribution >= 4 is 22.3 Å². The lowest BCUT2D eigenvalue weighted by molar-refractivity contribution is 0.406. The van der Waals surface area contributed by atoms with Gasteiger partial charge in [-0.15, -0.1) is 11.3 Å². The molecule has 1 aliphatic heterocycles. The fraction of sp³-hybridized carbons (Fsp3) is 0.588. The van der Waals surface area contributed by atoms with Crippen molar-refractivity contribution < 1.29 is 4.39 Å². The highest BCUT2D eigenvalue weighted by molar-refractivity contribution is 7.13. The monoisotopic (exact) mass is 347 g/mol. The Morgan fingerprint density at radius 2 is 2.00 bits per heavy atom. The maximum Gasteiger partial charge on any atom is 0.187 e. The zero-order chi connectivity index (χ0) is 16.5. The third-order valence-corrected chi connectivity index (χ3v) is 5.79. The van der Waals surface area contributed by atoms with Gasteiger partial charge in [0.2, 0.25) is 0 Å². The average Bonchev–Trinajstić information content (AvgIpc) is 3.29. The molecule has 1 saturated heterocycles. The molecular formula is C17H22FN5S. The predicted octanol–water partition coefficient (Wildman–Crippen LogP) is 3.30. The molecule has 0 bridgehead atoms. The van der Waals surface area contributed by atoms with E-state index in [1.807, 2.05) is 23.5 Å². The van der Waals surface area contributed by atoms with Gasteiger partial charge in [-0.3, -0.25) is 0 Å². The van der Waals surface area contributed by atoms with Crippen LogP contribution in [0.2, 0.25) is 0 Å². The first-order valence-electron chi connectivity index (χ1n) is 8.58. The van der Waals surface area contributed by atoms with E-state index in [2.05, 4.69) is 19.9 Å². The SMILES string of the molecule is CN(CC1CCN(c2nccs2)CC1)c1ncnc(C2CC2)c1F. The molecule has 1 saturated carbocycles. The molecule has 0 unspecified atom stereocenters. The van der Waals surface area contributed by atoms with E-state index in [4.69, 9.17) is 0 Å². The fourth-order valence-electron chi connectivity index (χ4n) is 3.43. The molecule has 3 heterocycles. The summed E-state index contributed by atoms with van der Waals surface area (Å²) in [5, 5.41) is 3.13. The zero-order valence-corrected chi connectivity index (χ0v) is 14.7. The lowest BCUT2D eigenvalue weighted by Gasteiger charge is -2.34. The second kappa shape index (κ2) is 6.63. The summed E-state index contributed by atoms with van der Waals surface area (Å²) in [5.41, 5.74) is 0.602. The normalized spacial score (nSPS) is 18.8. The number of hydrogen-bond acceptors (Lipinski definition) is 6. The number of piperidine rings is 1. The summed E-state index contributed by atoms with van der Waals surface area (Å²) in [6.07, 6.45) is 7.67. The molecule has 2 aliphatic rings. The molecule has 24 heavy (non-hydrogen) atoms. The number of aromatic nitrogens is 3. The molecule has 0 atom stereocenters. The summed E-state index contributed by atoms with van der Waals surface area (Å²) in [5.74, 6) is 1.10. The molecule has 7 heteroatoms. The van der Waals surface area contributed by atoms with E-state index in [-0.39, 0.29) is 5.82 Å². The first-order chi connectivity index (χ1) is 11.7. The minimum atomic E-state index is -0.220. The average molecular weight is 347 g/mol. The zero-order valence-electron chi connectivity index (χ0n) is 13.9. The largest absolute Gasteiger partial charge is 0.357 e. The van der Waals surface area contributed by atoms with Gasteiger partial charge in [0.05, 0.1) is 5.69 Å². The predicted molar refractivity (Wildman–Crippen MR) is 94.3 cm³/mol. The third-order valence-electron chi connectivity index (χ3n) is 4.96. The second-order valence-electron chi connectivity index (χ2n) is 6.80. The van der Waals surface area contributed by atoms with Gasteiger partial charge in [-0.2, -0.15) is 0 Å². The Morgan fingerprint density at radius 3 is 2.67 bits per heavy atom. The molecule has 0 radical (unpaired) electrons. The van der Waals surface area contributed by atoms with Crippen LogP contribution in [0.15, 0.2) is 17.9 Å². The van der Waals surface area contributed by atoms with Crippen molar-refractivity contribution in [1.29, 1.82) is 0 Å². The van der Waals surface area contributed by atoms with E-state index >= 15 is 0 Å². The Kier molecular flexibility index (Phi) is 4.35. The van der Waals surface area contributed by atoms with E-state index in [1.165, 1.54) is 6.33 Å². The molecule has 0 N–H and O–H groups in total. The van der Waals surface area contributed by atoms with Crippen LogP contribution in [0, 0.1) is 11.7 Å². The number of halogens is 1. The van der Waals surface area contributed by atoms with Gasteiger partial charge in [0, 0.05) is 44.2 Å². The molecule has 0 spiro atoms. The molecule has 4 rings (SSSR count). The van der Waals surface area contributed by atoms with Crippen LogP contribution in [-0.4, -0.2) is 41.6 Å². The lowest BCUT2D eigenvalue weighted by Crippen LogP contribution is -2.38. The van der Waals surface area contributed by atoms with Gasteiger partial charge in [0.1, 0.15) is 6.33 Å². The Labute approximate surface area is 145 Å². The highest BCUT2D eigenvalue weighted by Crippen LogP contribution is 2.41. The van der Waals surface area contributed by atoms with Gasteiger partial charge in [-0.25, -0.2) is 19.3 Å². The van der Waals surface area contributed by atoms with Crippen molar-refractivity contribution in [3.8, 4) is 0 Å². The highest BCUT2D eigenvalue weighted by Gasteiger charge is 2.31. The molecule has 128 valence electrons. The smallest absolute Gasteiger partial charge is 0.187 e. The first-order valence-corrected chi connectivity index (χ1v) is 9.46. The number of thiazole rings is 1. The van der Waals surface area contributed by atoms with E-state index in [0.29, 0.717) is 23.3 Å². The standard InChI is InChI=1S/C17H22FN5S/c1-22(16-14(18)15(13-2-3-13)20-11-21-16)10-12-4-7-23(8-5-12)17-19-6-9-24-17/h6,9,11-13H,2-5,7-8,10H2,1H3. The van der Waals surface area contributed by atoms with E-state index in [1.54, 1.807) is 11.3 Å². The summed E-state index contributed by atoms with van der Waals surface area (Å²) < 4.78 is 14.6. The molecule has 0 aromatic carbocycles. The molecule has 2 fully saturated rings. The third kappa shape index (κ3) is 3.22. The van der Waals surface area contributed by atoms with Crippen LogP contribution in [0.4, 0.5) is 15.3 Å². The first kappa shape index (κ1) is 15.7. The Morgan fingerprint density at radius 1 is 1.21 bits per heavy atom. The Balaban J connectivity index is 1.37. The van der Waals surface area contributed by atoms with Crippen LogP contribution in [0.1, 0.15) is 37.3 Å². The maximum atomic E-state index is 14.6. The van der Waals surface area contributed by atoms with Crippen molar-refractivity contribution in [2.24, 2.45) is 5.92 Å². The molecular weight excluding hydrogens is 325 g/mol. The molecule has 5 nitrogen and oxygen atoms in total. The summed E-state index contributed by atoms with van der Waals surface area (Å²) in [7, 11) is 1.94. The van der Waals surface area contributed by atoms with Gasteiger partial charge >= 0.3 is 0 Å². The summed E-state index contributed by atoms with van der Waals surface area (Å²) in [4.78, 5) is 17.0. The topological polar surface area (TPSA) is 45.2 Å². The molecule has 2 aromatic heterocycles. The van der Waals surface area contributed by atoms with Crippen LogP contribution < -0.4 is 9.80 Å². The Hall–Kier alpha value is -1.76. The van der Waals surface area contributed by atoms with Gasteiger partial charge in [0.15, 0.2) is 16.8 Å². The number of nitrogens with zero attached hydrogens (tertiary/aromatic N) is 5. The minimum Gasteiger partial charge on any atom is -0.357 e. The van der Waals surface area contributed by atoms with Crippen molar-refractivity contribution in [2.75, 3.05) is 36.5 Å². The van der Waals surface area contributed by atoms with Gasteiger partial charge in [0.25, 0.3) is 0 Å². The maximum absolute atomic E-state index is 14.6. The summed E-state index contributed by atoms with van der Waals surface area (Å²) in [6, 6.07) is 0. The van der Waals surface area contributed by atoms with Gasteiger partial charge in [-0.05, 0) is 31.6 Å². The number of hydrogen-bond donors (Lipinski definition) is 0. The molecule has 0 amide bonds. The quantitative estimate of drug-likeness (QED) is 0.830. The number of rotatable bonds is 5. The molecule has 1 aliphatic carbocycles. The van der Waals surface area contributed by atoms with E-state index in [9.17, 15) is 4.39 Å². The van der Waals surface area contributed by atoms with E-state index < -0.39 is 0 Å². The van der Waals surface area contributed by atoms with Crippen molar-refractivity contribution in [3.05, 3.63) is 29.4 Å². The summed E-state index contributed by atoms with van der Waals surface area (Å²) in [6.45, 7) is 2.88. The second-order valence-corrected chi connectivity index (χ2v) is 7.67. The van der Waals surface area contributed by atoms with Crippen LogP contribution in [-0.2, 0) is 0 Å². The van der Waals surface area contributed by atoms with Crippen molar-refractivity contribution in [2.45, 2.75) is 31.6 Å². The van der Waals surface area contributed by atoms with Crippen LogP contribution in [0.5, 0.6) is 0 Å². The Bertz CT molecular complexity index is 680. The molecule has 2 aromatic rings. The summed E-state index contributed by atoms with van der Waals surface area (Å²) >= 11 is 1.69.